The van der Waals surface area contributed by atoms with E-state index in [-0.39, 0.29) is 0 Å². The van der Waals surface area contributed by atoms with E-state index in [0.717, 1.165) is 18.6 Å². The van der Waals surface area contributed by atoms with Gasteiger partial charge in [0, 0.05) is 12.6 Å². The Morgan fingerprint density at radius 2 is 2.00 bits per heavy atom. The normalized spacial score (nSPS) is 23.6. The molecule has 2 rings (SSSR count). The quantitative estimate of drug-likeness (QED) is 0.841. The van der Waals surface area contributed by atoms with E-state index in [1.807, 2.05) is 26.0 Å². The molecule has 100 valence electrons. The lowest BCUT2D eigenvalue weighted by Gasteiger charge is -2.38. The Labute approximate surface area is 109 Å². The lowest BCUT2D eigenvalue weighted by atomic mass is 9.75. The summed E-state index contributed by atoms with van der Waals surface area (Å²) >= 11 is 0. The average Bonchev–Trinajstić information content (AvgIpc) is 2.26. The van der Waals surface area contributed by atoms with E-state index in [0.29, 0.717) is 18.5 Å². The summed E-state index contributed by atoms with van der Waals surface area (Å²) in [5, 5.41) is 13.1. The smallest absolute Gasteiger partial charge is 0.122 e. The molecule has 0 radical (unpaired) electrons. The van der Waals surface area contributed by atoms with E-state index >= 15 is 0 Å². The van der Waals surface area contributed by atoms with Crippen molar-refractivity contribution in [2.75, 3.05) is 13.7 Å². The third-order valence-corrected chi connectivity index (χ3v) is 3.54. The summed E-state index contributed by atoms with van der Waals surface area (Å²) in [7, 11) is 1.72. The van der Waals surface area contributed by atoms with Crippen molar-refractivity contribution in [3.63, 3.8) is 0 Å². The average molecular weight is 249 g/mol. The summed E-state index contributed by atoms with van der Waals surface area (Å²) in [6, 6.07) is 8.76. The maximum Gasteiger partial charge on any atom is 0.122 e. The summed E-state index contributed by atoms with van der Waals surface area (Å²) in [6.45, 7) is 4.31. The molecule has 3 heteroatoms. The van der Waals surface area contributed by atoms with E-state index in [4.69, 9.17) is 4.74 Å². The maximum absolute atomic E-state index is 9.67. The number of para-hydroxylation sites is 1. The standard InChI is InChI=1S/C15H23NO2/c1-15(2,17)10-16-12-8-11(9-12)13-6-4-5-7-14(13)18-3/h4-7,11-12,16-17H,8-10H2,1-3H3. The Morgan fingerprint density at radius 3 is 2.61 bits per heavy atom. The molecule has 1 aliphatic carbocycles. The molecule has 0 saturated heterocycles. The van der Waals surface area contributed by atoms with Crippen molar-refractivity contribution in [1.29, 1.82) is 0 Å². The predicted molar refractivity (Wildman–Crippen MR) is 73.1 cm³/mol. The Morgan fingerprint density at radius 1 is 1.33 bits per heavy atom. The minimum Gasteiger partial charge on any atom is -0.496 e. The highest BCUT2D eigenvalue weighted by molar-refractivity contribution is 5.37. The zero-order valence-corrected chi connectivity index (χ0v) is 11.4. The second-order valence-electron chi connectivity index (χ2n) is 5.80. The molecule has 0 amide bonds. The number of rotatable bonds is 5. The van der Waals surface area contributed by atoms with Gasteiger partial charge in [-0.1, -0.05) is 18.2 Å². The van der Waals surface area contributed by atoms with Crippen LogP contribution < -0.4 is 10.1 Å². The van der Waals surface area contributed by atoms with Crippen LogP contribution in [-0.2, 0) is 0 Å². The van der Waals surface area contributed by atoms with Crippen molar-refractivity contribution < 1.29 is 9.84 Å². The lowest BCUT2D eigenvalue weighted by Crippen LogP contribution is -2.46. The van der Waals surface area contributed by atoms with Crippen LogP contribution in [0.1, 0.15) is 38.2 Å². The zero-order chi connectivity index (χ0) is 13.2. The third-order valence-electron chi connectivity index (χ3n) is 3.54. The van der Waals surface area contributed by atoms with Gasteiger partial charge in [0.1, 0.15) is 5.75 Å². The Balaban J connectivity index is 1.85. The molecule has 3 nitrogen and oxygen atoms in total. The van der Waals surface area contributed by atoms with Gasteiger partial charge >= 0.3 is 0 Å². The first kappa shape index (κ1) is 13.4. The number of aliphatic hydroxyl groups is 1. The van der Waals surface area contributed by atoms with Crippen LogP contribution >= 0.6 is 0 Å². The molecule has 0 bridgehead atoms. The van der Waals surface area contributed by atoms with Crippen LogP contribution in [0, 0.1) is 0 Å². The summed E-state index contributed by atoms with van der Waals surface area (Å²) in [4.78, 5) is 0. The zero-order valence-electron chi connectivity index (χ0n) is 11.4. The van der Waals surface area contributed by atoms with E-state index in [1.54, 1.807) is 7.11 Å². The van der Waals surface area contributed by atoms with Gasteiger partial charge in [-0.2, -0.15) is 0 Å². The molecule has 1 aromatic carbocycles. The lowest BCUT2D eigenvalue weighted by molar-refractivity contribution is 0.0707. The van der Waals surface area contributed by atoms with Crippen molar-refractivity contribution in [2.24, 2.45) is 0 Å². The Hall–Kier alpha value is -1.06. The molecular weight excluding hydrogens is 226 g/mol. The molecule has 1 aromatic rings. The van der Waals surface area contributed by atoms with Gasteiger partial charge < -0.3 is 15.2 Å². The van der Waals surface area contributed by atoms with Crippen LogP contribution in [0.25, 0.3) is 0 Å². The monoisotopic (exact) mass is 249 g/mol. The van der Waals surface area contributed by atoms with E-state index in [1.165, 1.54) is 5.56 Å². The van der Waals surface area contributed by atoms with Crippen molar-refractivity contribution >= 4 is 0 Å². The predicted octanol–water partition coefficient (Wildman–Crippen LogP) is 2.30. The fourth-order valence-electron chi connectivity index (χ4n) is 2.44. The molecular formula is C15H23NO2. The van der Waals surface area contributed by atoms with Gasteiger partial charge in [-0.25, -0.2) is 0 Å². The third kappa shape index (κ3) is 3.24. The molecule has 1 aliphatic rings. The molecule has 0 unspecified atom stereocenters. The topological polar surface area (TPSA) is 41.5 Å². The van der Waals surface area contributed by atoms with Gasteiger partial charge in [-0.3, -0.25) is 0 Å². The fraction of sp³-hybridized carbons (Fsp3) is 0.600. The molecule has 0 heterocycles. The van der Waals surface area contributed by atoms with Crippen molar-refractivity contribution in [3.8, 4) is 5.75 Å². The van der Waals surface area contributed by atoms with E-state index in [9.17, 15) is 5.11 Å². The molecule has 0 aromatic heterocycles. The first-order valence-corrected chi connectivity index (χ1v) is 6.58. The van der Waals surface area contributed by atoms with Gasteiger partial charge in [0.2, 0.25) is 0 Å². The van der Waals surface area contributed by atoms with Crippen LogP contribution in [0.15, 0.2) is 24.3 Å². The minimum atomic E-state index is -0.629. The van der Waals surface area contributed by atoms with Gasteiger partial charge in [0.15, 0.2) is 0 Å². The van der Waals surface area contributed by atoms with Gasteiger partial charge in [-0.15, -0.1) is 0 Å². The highest BCUT2D eigenvalue weighted by Gasteiger charge is 2.32. The summed E-state index contributed by atoms with van der Waals surface area (Å²) in [5.74, 6) is 1.57. The van der Waals surface area contributed by atoms with Crippen LogP contribution in [0.4, 0.5) is 0 Å². The van der Waals surface area contributed by atoms with Crippen molar-refractivity contribution in [3.05, 3.63) is 29.8 Å². The molecule has 0 atom stereocenters. The van der Waals surface area contributed by atoms with E-state index in [2.05, 4.69) is 17.4 Å². The van der Waals surface area contributed by atoms with Crippen LogP contribution in [-0.4, -0.2) is 30.4 Å². The maximum atomic E-state index is 9.67. The van der Waals surface area contributed by atoms with Crippen molar-refractivity contribution in [1.82, 2.24) is 5.32 Å². The summed E-state index contributed by atoms with van der Waals surface area (Å²) in [6.07, 6.45) is 2.24. The molecule has 0 aliphatic heterocycles. The minimum absolute atomic E-state index is 0.520. The van der Waals surface area contributed by atoms with E-state index < -0.39 is 5.60 Å². The number of hydrogen-bond acceptors (Lipinski definition) is 3. The molecule has 0 spiro atoms. The largest absolute Gasteiger partial charge is 0.496 e. The second kappa shape index (κ2) is 5.29. The Bertz CT molecular complexity index is 392. The SMILES string of the molecule is COc1ccccc1C1CC(NCC(C)(C)O)C1. The molecule has 2 N–H and O–H groups in total. The second-order valence-corrected chi connectivity index (χ2v) is 5.80. The highest BCUT2D eigenvalue weighted by atomic mass is 16.5. The van der Waals surface area contributed by atoms with Crippen LogP contribution in [0.2, 0.25) is 0 Å². The molecule has 18 heavy (non-hydrogen) atoms. The first-order valence-electron chi connectivity index (χ1n) is 6.58. The van der Waals surface area contributed by atoms with Gasteiger partial charge in [0.05, 0.1) is 12.7 Å². The molecule has 1 fully saturated rings. The summed E-state index contributed by atoms with van der Waals surface area (Å²) in [5.41, 5.74) is 0.677. The fourth-order valence-corrected chi connectivity index (χ4v) is 2.44. The number of benzene rings is 1. The highest BCUT2D eigenvalue weighted by Crippen LogP contribution is 2.40. The number of ether oxygens (including phenoxy) is 1. The van der Waals surface area contributed by atoms with Gasteiger partial charge in [-0.05, 0) is 44.2 Å². The number of methoxy groups -OCH3 is 1. The number of nitrogens with one attached hydrogen (secondary N) is 1. The Kier molecular flexibility index (Phi) is 3.93. The van der Waals surface area contributed by atoms with Gasteiger partial charge in [0.25, 0.3) is 0 Å². The summed E-state index contributed by atoms with van der Waals surface area (Å²) < 4.78 is 5.39. The van der Waals surface area contributed by atoms with Crippen LogP contribution in [0.5, 0.6) is 5.75 Å². The number of hydrogen-bond donors (Lipinski definition) is 2. The van der Waals surface area contributed by atoms with Crippen LogP contribution in [0.3, 0.4) is 0 Å². The molecule has 1 saturated carbocycles. The first-order chi connectivity index (χ1) is 8.49. The van der Waals surface area contributed by atoms with Crippen molar-refractivity contribution in [2.45, 2.75) is 44.2 Å².